The zero-order chi connectivity index (χ0) is 25.3. The first-order valence-corrected chi connectivity index (χ1v) is 11.2. The van der Waals surface area contributed by atoms with E-state index in [0.717, 1.165) is 32.1 Å². The van der Waals surface area contributed by atoms with Crippen LogP contribution in [0.1, 0.15) is 51.7 Å². The van der Waals surface area contributed by atoms with Crippen molar-refractivity contribution in [1.29, 1.82) is 16.1 Å². The highest BCUT2D eigenvalue weighted by Crippen LogP contribution is 2.27. The number of nitrogens with zero attached hydrogens (tertiary/aromatic N) is 5. The monoisotopic (exact) mass is 466 g/mol. The third-order valence-electron chi connectivity index (χ3n) is 5.02. The second-order valence-electron chi connectivity index (χ2n) is 8.33. The fourth-order valence-electron chi connectivity index (χ4n) is 3.40. The van der Waals surface area contributed by atoms with Crippen LogP contribution in [0.25, 0.3) is 5.52 Å². The van der Waals surface area contributed by atoms with E-state index in [0.29, 0.717) is 39.9 Å². The predicted octanol–water partition coefficient (Wildman–Crippen LogP) is 1.87. The number of rotatable bonds is 7. The first-order valence-electron chi connectivity index (χ1n) is 11.2. The van der Waals surface area contributed by atoms with Crippen molar-refractivity contribution < 1.29 is 4.74 Å². The van der Waals surface area contributed by atoms with Crippen molar-refractivity contribution in [1.82, 2.24) is 14.9 Å². The van der Waals surface area contributed by atoms with Gasteiger partial charge in [-0.1, -0.05) is 13.8 Å². The van der Waals surface area contributed by atoms with Gasteiger partial charge in [0.2, 0.25) is 0 Å². The fourth-order valence-corrected chi connectivity index (χ4v) is 3.40. The first kappa shape index (κ1) is 26.6. The van der Waals surface area contributed by atoms with Crippen LogP contribution >= 0.6 is 0 Å². The third kappa shape index (κ3) is 6.94. The van der Waals surface area contributed by atoms with Crippen molar-refractivity contribution in [2.45, 2.75) is 58.7 Å². The zero-order valence-electron chi connectivity index (χ0n) is 20.2. The Hall–Kier alpha value is -3.62. The average molecular weight is 467 g/mol. The van der Waals surface area contributed by atoms with Crippen molar-refractivity contribution in [3.05, 3.63) is 29.6 Å². The maximum absolute atomic E-state index is 9.43. The molecule has 0 aliphatic carbocycles. The molecule has 3 rings (SSSR count). The van der Waals surface area contributed by atoms with Crippen LogP contribution in [0.4, 0.5) is 0 Å². The van der Waals surface area contributed by atoms with Gasteiger partial charge in [-0.3, -0.25) is 10.4 Å². The smallest absolute Gasteiger partial charge is 0.148 e. The van der Waals surface area contributed by atoms with E-state index in [1.807, 2.05) is 20.8 Å². The van der Waals surface area contributed by atoms with Gasteiger partial charge in [0, 0.05) is 18.0 Å². The molecule has 0 saturated carbocycles. The Bertz CT molecular complexity index is 1100. The van der Waals surface area contributed by atoms with Crippen molar-refractivity contribution in [2.75, 3.05) is 13.1 Å². The summed E-state index contributed by atoms with van der Waals surface area (Å²) in [7, 11) is 0. The molecule has 0 radical (unpaired) electrons. The third-order valence-corrected chi connectivity index (χ3v) is 5.02. The van der Waals surface area contributed by atoms with E-state index in [4.69, 9.17) is 32.1 Å². The van der Waals surface area contributed by atoms with E-state index in [2.05, 4.69) is 21.6 Å². The highest BCUT2D eigenvalue weighted by Gasteiger charge is 2.20. The number of ether oxygens (including phenoxy) is 1. The first-order chi connectivity index (χ1) is 16.2. The molecule has 2 aromatic rings. The summed E-state index contributed by atoms with van der Waals surface area (Å²) in [5, 5.41) is 36.1. The summed E-state index contributed by atoms with van der Waals surface area (Å²) in [5.74, 6) is 6.07. The highest BCUT2D eigenvalue weighted by atomic mass is 16.5. The standard InChI is InChI=1S/C20H25N9O.C3H9N/c1-12(27-16-3-5-25-6-4-16)19(28-24)14-7-18(30-13(2)17(23)9-22)20-15(8-21)10-26-29(20)11-14;1-3(2)4/h7,9-11,13,16,22-23,25H,3-6,24H2,1-2H3;3H,4H2,1-2H3/b22-9?,23-17?,27-12?,28-19+;. The maximum atomic E-state index is 9.43. The lowest BCUT2D eigenvalue weighted by Gasteiger charge is -2.20. The van der Waals surface area contributed by atoms with Gasteiger partial charge >= 0.3 is 0 Å². The molecular weight excluding hydrogens is 432 g/mol. The van der Waals surface area contributed by atoms with Crippen LogP contribution < -0.4 is 21.6 Å². The van der Waals surface area contributed by atoms with E-state index in [1.54, 1.807) is 19.2 Å². The van der Waals surface area contributed by atoms with Crippen LogP contribution in [0, 0.1) is 22.1 Å². The van der Waals surface area contributed by atoms with E-state index in [-0.39, 0.29) is 11.8 Å². The number of nitriles is 1. The van der Waals surface area contributed by atoms with Crippen LogP contribution in [0.2, 0.25) is 0 Å². The molecule has 3 heterocycles. The second-order valence-corrected chi connectivity index (χ2v) is 8.33. The van der Waals surface area contributed by atoms with Gasteiger partial charge in [0.25, 0.3) is 0 Å². The molecular formula is C23H34N10O. The molecule has 1 aliphatic rings. The molecule has 0 aromatic carbocycles. The molecule has 11 heteroatoms. The van der Waals surface area contributed by atoms with Crippen LogP contribution in [-0.4, -0.2) is 64.2 Å². The van der Waals surface area contributed by atoms with Gasteiger partial charge in [-0.2, -0.15) is 15.5 Å². The number of nitrogens with two attached hydrogens (primary N) is 2. The van der Waals surface area contributed by atoms with Crippen LogP contribution in [0.15, 0.2) is 28.6 Å². The molecule has 1 fully saturated rings. The molecule has 11 nitrogen and oxygen atoms in total. The molecule has 7 N–H and O–H groups in total. The normalized spacial score (nSPS) is 15.9. The summed E-state index contributed by atoms with van der Waals surface area (Å²) < 4.78 is 7.45. The van der Waals surface area contributed by atoms with Crippen molar-refractivity contribution in [3.63, 3.8) is 0 Å². The predicted molar refractivity (Wildman–Crippen MR) is 136 cm³/mol. The lowest BCUT2D eigenvalue weighted by atomic mass is 10.0. The number of nitrogens with one attached hydrogen (secondary N) is 3. The maximum Gasteiger partial charge on any atom is 0.148 e. The summed E-state index contributed by atoms with van der Waals surface area (Å²) in [5.41, 5.74) is 7.79. The van der Waals surface area contributed by atoms with E-state index < -0.39 is 6.10 Å². The van der Waals surface area contributed by atoms with Gasteiger partial charge in [-0.15, -0.1) is 0 Å². The van der Waals surface area contributed by atoms with Gasteiger partial charge in [-0.05, 0) is 51.9 Å². The van der Waals surface area contributed by atoms with Gasteiger partial charge < -0.3 is 27.0 Å². The highest BCUT2D eigenvalue weighted by molar-refractivity contribution is 6.47. The Morgan fingerprint density at radius 3 is 2.59 bits per heavy atom. The number of piperidine rings is 1. The molecule has 1 unspecified atom stereocenters. The summed E-state index contributed by atoms with van der Waals surface area (Å²) in [4.78, 5) is 4.80. The van der Waals surface area contributed by atoms with Crippen LogP contribution in [0.5, 0.6) is 5.75 Å². The number of hydrogen-bond acceptors (Lipinski definition) is 10. The fraction of sp³-hybridized carbons (Fsp3) is 0.478. The Morgan fingerprint density at radius 1 is 1.38 bits per heavy atom. The Kier molecular flexibility index (Phi) is 9.85. The van der Waals surface area contributed by atoms with E-state index in [9.17, 15) is 5.26 Å². The number of fused-ring (bicyclic) bond motifs is 1. The molecule has 1 atom stereocenters. The lowest BCUT2D eigenvalue weighted by Crippen LogP contribution is -2.31. The Labute approximate surface area is 199 Å². The quantitative estimate of drug-likeness (QED) is 0.235. The van der Waals surface area contributed by atoms with Gasteiger partial charge in [0.15, 0.2) is 0 Å². The molecule has 34 heavy (non-hydrogen) atoms. The summed E-state index contributed by atoms with van der Waals surface area (Å²) in [6.45, 7) is 9.29. The van der Waals surface area contributed by atoms with Gasteiger partial charge in [0.1, 0.15) is 34.7 Å². The average Bonchev–Trinajstić information content (AvgIpc) is 3.22. The molecule has 1 aliphatic heterocycles. The van der Waals surface area contributed by atoms with E-state index >= 15 is 0 Å². The summed E-state index contributed by atoms with van der Waals surface area (Å²) in [6.07, 6.45) is 5.34. The molecule has 0 spiro atoms. The SMILES string of the molecule is CC(=NC1CCNCC1)/C(=N\N)c1cc(OC(C)C(=N)C=N)c2c(C#N)cnn2c1.CC(C)N. The number of aromatic nitrogens is 2. The Morgan fingerprint density at radius 2 is 2.03 bits per heavy atom. The minimum atomic E-state index is -0.675. The number of aliphatic imine (C=N–C) groups is 1. The molecule has 0 bridgehead atoms. The Balaban J connectivity index is 0.000000945. The second kappa shape index (κ2) is 12.6. The lowest BCUT2D eigenvalue weighted by molar-refractivity contribution is 0.290. The number of pyridine rings is 1. The largest absolute Gasteiger partial charge is 0.482 e. The van der Waals surface area contributed by atoms with Crippen molar-refractivity contribution >= 4 is 28.9 Å². The zero-order valence-corrected chi connectivity index (χ0v) is 20.2. The van der Waals surface area contributed by atoms with Crippen LogP contribution in [-0.2, 0) is 0 Å². The molecule has 182 valence electrons. The topological polar surface area (TPSA) is 187 Å². The molecule has 0 amide bonds. The molecule has 2 aromatic heterocycles. The van der Waals surface area contributed by atoms with E-state index in [1.165, 1.54) is 10.7 Å². The summed E-state index contributed by atoms with van der Waals surface area (Å²) >= 11 is 0. The van der Waals surface area contributed by atoms with Crippen LogP contribution in [0.3, 0.4) is 0 Å². The van der Waals surface area contributed by atoms with Gasteiger partial charge in [-0.25, -0.2) is 4.52 Å². The number of hydrogen-bond donors (Lipinski definition) is 5. The minimum Gasteiger partial charge on any atom is -0.482 e. The minimum absolute atomic E-state index is 0.00735. The van der Waals surface area contributed by atoms with Gasteiger partial charge in [0.05, 0.1) is 23.7 Å². The van der Waals surface area contributed by atoms with Crippen molar-refractivity contribution in [3.8, 4) is 11.8 Å². The summed E-state index contributed by atoms with van der Waals surface area (Å²) in [6, 6.07) is 4.37. The van der Waals surface area contributed by atoms with Crippen molar-refractivity contribution in [2.24, 2.45) is 21.7 Å². The molecule has 1 saturated heterocycles. The number of hydrazone groups is 1.